The Kier molecular flexibility index (Phi) is 6.68. The highest BCUT2D eigenvalue weighted by atomic mass is 32.1. The van der Waals surface area contributed by atoms with Crippen molar-refractivity contribution in [2.45, 2.75) is 33.7 Å². The SMILES string of the molecule is CN=C(NCCNC(=O)C(C)(C)C)NC(C)c1cccs1. The van der Waals surface area contributed by atoms with Crippen LogP contribution in [0, 0.1) is 5.41 Å². The molecule has 1 aromatic heterocycles. The molecule has 118 valence electrons. The molecule has 0 radical (unpaired) electrons. The first kappa shape index (κ1) is 17.5. The van der Waals surface area contributed by atoms with Gasteiger partial charge < -0.3 is 16.0 Å². The number of hydrogen-bond donors (Lipinski definition) is 3. The van der Waals surface area contributed by atoms with Crippen LogP contribution in [0.15, 0.2) is 22.5 Å². The standard InChI is InChI=1S/C15H26N4OS/c1-11(12-7-6-10-21-12)19-14(16-5)18-9-8-17-13(20)15(2,3)4/h6-7,10-11H,8-9H2,1-5H3,(H,17,20)(H2,16,18,19). The van der Waals surface area contributed by atoms with Crippen molar-refractivity contribution >= 4 is 23.2 Å². The van der Waals surface area contributed by atoms with Gasteiger partial charge in [0.1, 0.15) is 0 Å². The molecular weight excluding hydrogens is 284 g/mol. The zero-order chi connectivity index (χ0) is 15.9. The van der Waals surface area contributed by atoms with Crippen LogP contribution in [0.25, 0.3) is 0 Å². The molecule has 0 aliphatic heterocycles. The number of amides is 1. The average Bonchev–Trinajstić information content (AvgIpc) is 2.94. The van der Waals surface area contributed by atoms with E-state index in [1.54, 1.807) is 18.4 Å². The molecule has 0 spiro atoms. The second-order valence-corrected chi connectivity index (χ2v) is 6.87. The third-order valence-corrected chi connectivity index (χ3v) is 3.99. The molecule has 0 bridgehead atoms. The van der Waals surface area contributed by atoms with Gasteiger partial charge in [0, 0.05) is 30.4 Å². The average molecular weight is 310 g/mol. The number of hydrogen-bond acceptors (Lipinski definition) is 3. The van der Waals surface area contributed by atoms with Crippen LogP contribution in [0.3, 0.4) is 0 Å². The minimum Gasteiger partial charge on any atom is -0.355 e. The third kappa shape index (κ3) is 6.16. The van der Waals surface area contributed by atoms with Crippen LogP contribution in [0.2, 0.25) is 0 Å². The van der Waals surface area contributed by atoms with Crippen LogP contribution in [-0.4, -0.2) is 32.0 Å². The van der Waals surface area contributed by atoms with E-state index in [1.165, 1.54) is 4.88 Å². The molecule has 1 rings (SSSR count). The summed E-state index contributed by atoms with van der Waals surface area (Å²) in [6.07, 6.45) is 0. The van der Waals surface area contributed by atoms with Gasteiger partial charge in [0.05, 0.1) is 6.04 Å². The summed E-state index contributed by atoms with van der Waals surface area (Å²) >= 11 is 1.72. The van der Waals surface area contributed by atoms with Gasteiger partial charge in [0.2, 0.25) is 5.91 Å². The van der Waals surface area contributed by atoms with Gasteiger partial charge >= 0.3 is 0 Å². The first-order chi connectivity index (χ1) is 9.84. The second-order valence-electron chi connectivity index (χ2n) is 5.89. The van der Waals surface area contributed by atoms with Gasteiger partial charge in [-0.3, -0.25) is 9.79 Å². The highest BCUT2D eigenvalue weighted by molar-refractivity contribution is 7.10. The molecule has 1 atom stereocenters. The van der Waals surface area contributed by atoms with E-state index < -0.39 is 0 Å². The number of rotatable bonds is 5. The van der Waals surface area contributed by atoms with Crippen molar-refractivity contribution in [1.82, 2.24) is 16.0 Å². The van der Waals surface area contributed by atoms with Crippen molar-refractivity contribution in [2.24, 2.45) is 10.4 Å². The summed E-state index contributed by atoms with van der Waals surface area (Å²) in [6, 6.07) is 4.34. The number of aliphatic imine (C=N–C) groups is 1. The van der Waals surface area contributed by atoms with Gasteiger partial charge in [-0.15, -0.1) is 11.3 Å². The Balaban J connectivity index is 2.31. The molecule has 1 heterocycles. The zero-order valence-electron chi connectivity index (χ0n) is 13.5. The first-order valence-corrected chi connectivity index (χ1v) is 8.01. The summed E-state index contributed by atoms with van der Waals surface area (Å²) in [4.78, 5) is 17.2. The maximum atomic E-state index is 11.7. The first-order valence-electron chi connectivity index (χ1n) is 7.13. The molecule has 6 heteroatoms. The fourth-order valence-electron chi connectivity index (χ4n) is 1.63. The Morgan fingerprint density at radius 2 is 2.00 bits per heavy atom. The summed E-state index contributed by atoms with van der Waals surface area (Å²) in [7, 11) is 1.74. The minimum atomic E-state index is -0.354. The van der Waals surface area contributed by atoms with Crippen molar-refractivity contribution in [3.63, 3.8) is 0 Å². The van der Waals surface area contributed by atoms with Crippen molar-refractivity contribution in [1.29, 1.82) is 0 Å². The Labute approximate surface area is 131 Å². The van der Waals surface area contributed by atoms with E-state index in [-0.39, 0.29) is 17.4 Å². The number of carbonyl (C=O) groups is 1. The fourth-order valence-corrected chi connectivity index (χ4v) is 2.37. The van der Waals surface area contributed by atoms with Crippen LogP contribution in [0.5, 0.6) is 0 Å². The van der Waals surface area contributed by atoms with Crippen molar-refractivity contribution < 1.29 is 4.79 Å². The lowest BCUT2D eigenvalue weighted by Gasteiger charge is -2.19. The van der Waals surface area contributed by atoms with E-state index in [2.05, 4.69) is 39.3 Å². The number of thiophene rings is 1. The van der Waals surface area contributed by atoms with E-state index >= 15 is 0 Å². The summed E-state index contributed by atoms with van der Waals surface area (Å²) < 4.78 is 0. The Bertz CT molecular complexity index is 463. The fraction of sp³-hybridized carbons (Fsp3) is 0.600. The highest BCUT2D eigenvalue weighted by Crippen LogP contribution is 2.17. The number of nitrogens with one attached hydrogen (secondary N) is 3. The summed E-state index contributed by atoms with van der Waals surface area (Å²) in [6.45, 7) is 9.01. The second kappa shape index (κ2) is 8.02. The normalized spacial score (nSPS) is 13.7. The summed E-state index contributed by atoms with van der Waals surface area (Å²) in [5, 5.41) is 11.5. The Morgan fingerprint density at radius 1 is 1.33 bits per heavy atom. The molecule has 0 saturated carbocycles. The quantitative estimate of drug-likeness (QED) is 0.443. The molecule has 21 heavy (non-hydrogen) atoms. The molecule has 1 unspecified atom stereocenters. The number of nitrogens with zero attached hydrogens (tertiary/aromatic N) is 1. The van der Waals surface area contributed by atoms with Gasteiger partial charge in [-0.2, -0.15) is 0 Å². The molecule has 3 N–H and O–H groups in total. The summed E-state index contributed by atoms with van der Waals surface area (Å²) in [5.41, 5.74) is -0.354. The maximum Gasteiger partial charge on any atom is 0.225 e. The lowest BCUT2D eigenvalue weighted by Crippen LogP contribution is -2.44. The largest absolute Gasteiger partial charge is 0.355 e. The van der Waals surface area contributed by atoms with Crippen LogP contribution >= 0.6 is 11.3 Å². The predicted molar refractivity (Wildman–Crippen MR) is 89.7 cm³/mol. The summed E-state index contributed by atoms with van der Waals surface area (Å²) in [5.74, 6) is 0.792. The van der Waals surface area contributed by atoms with Gasteiger partial charge in [-0.05, 0) is 18.4 Å². The van der Waals surface area contributed by atoms with E-state index in [0.29, 0.717) is 13.1 Å². The Hall–Kier alpha value is -1.56. The molecule has 5 nitrogen and oxygen atoms in total. The molecular formula is C15H26N4OS. The van der Waals surface area contributed by atoms with Crippen molar-refractivity contribution in [3.8, 4) is 0 Å². The molecule has 0 saturated heterocycles. The van der Waals surface area contributed by atoms with E-state index in [1.807, 2.05) is 26.8 Å². The molecule has 1 aromatic rings. The molecule has 0 aliphatic carbocycles. The van der Waals surface area contributed by atoms with Crippen molar-refractivity contribution in [2.75, 3.05) is 20.1 Å². The lowest BCUT2D eigenvalue weighted by molar-refractivity contribution is -0.128. The topological polar surface area (TPSA) is 65.5 Å². The monoisotopic (exact) mass is 310 g/mol. The van der Waals surface area contributed by atoms with E-state index in [0.717, 1.165) is 5.96 Å². The number of guanidine groups is 1. The van der Waals surface area contributed by atoms with Gasteiger partial charge in [-0.1, -0.05) is 26.8 Å². The van der Waals surface area contributed by atoms with Crippen LogP contribution in [0.1, 0.15) is 38.6 Å². The van der Waals surface area contributed by atoms with Crippen LogP contribution in [0.4, 0.5) is 0 Å². The molecule has 0 fully saturated rings. The van der Waals surface area contributed by atoms with E-state index in [9.17, 15) is 4.79 Å². The lowest BCUT2D eigenvalue weighted by atomic mass is 9.96. The van der Waals surface area contributed by atoms with E-state index in [4.69, 9.17) is 0 Å². The third-order valence-electron chi connectivity index (χ3n) is 2.93. The maximum absolute atomic E-state index is 11.7. The van der Waals surface area contributed by atoms with Crippen molar-refractivity contribution in [3.05, 3.63) is 22.4 Å². The molecule has 0 aromatic carbocycles. The minimum absolute atomic E-state index is 0.0548. The predicted octanol–water partition coefficient (Wildman–Crippen LogP) is 2.14. The Morgan fingerprint density at radius 3 is 2.52 bits per heavy atom. The van der Waals surface area contributed by atoms with Gasteiger partial charge in [0.25, 0.3) is 0 Å². The zero-order valence-corrected chi connectivity index (χ0v) is 14.3. The van der Waals surface area contributed by atoms with Crippen LogP contribution in [-0.2, 0) is 4.79 Å². The van der Waals surface area contributed by atoms with Gasteiger partial charge in [-0.25, -0.2) is 0 Å². The molecule has 1 amide bonds. The smallest absolute Gasteiger partial charge is 0.225 e. The number of carbonyl (C=O) groups excluding carboxylic acids is 1. The van der Waals surface area contributed by atoms with Gasteiger partial charge in [0.15, 0.2) is 5.96 Å². The molecule has 0 aliphatic rings. The highest BCUT2D eigenvalue weighted by Gasteiger charge is 2.20. The van der Waals surface area contributed by atoms with Crippen LogP contribution < -0.4 is 16.0 Å².